The van der Waals surface area contributed by atoms with Crippen molar-refractivity contribution in [2.24, 2.45) is 0 Å². The van der Waals surface area contributed by atoms with Gasteiger partial charge in [0.15, 0.2) is 0 Å². The van der Waals surface area contributed by atoms with E-state index in [1.807, 2.05) is 0 Å². The van der Waals surface area contributed by atoms with Gasteiger partial charge >= 0.3 is 0 Å². The van der Waals surface area contributed by atoms with Crippen LogP contribution in [0.2, 0.25) is 0 Å². The third kappa shape index (κ3) is 4.63. The van der Waals surface area contributed by atoms with Gasteiger partial charge in [-0.25, -0.2) is 0 Å². The molecule has 0 saturated heterocycles. The normalized spacial score (nSPS) is 14.8. The molecule has 166 valence electrons. The lowest BCUT2D eigenvalue weighted by atomic mass is 9.97. The van der Waals surface area contributed by atoms with Gasteiger partial charge in [-0.1, -0.05) is 74.5 Å². The van der Waals surface area contributed by atoms with E-state index in [1.54, 1.807) is 0 Å². The summed E-state index contributed by atoms with van der Waals surface area (Å²) in [5, 5.41) is 7.35. The number of para-hydroxylation sites is 2. The van der Waals surface area contributed by atoms with E-state index in [2.05, 4.69) is 115 Å². The number of anilines is 2. The van der Waals surface area contributed by atoms with E-state index >= 15 is 0 Å². The largest absolute Gasteiger partial charge is 0.379 e. The van der Waals surface area contributed by atoms with Crippen LogP contribution < -0.4 is 10.6 Å². The van der Waals surface area contributed by atoms with Crippen LogP contribution in [0.1, 0.15) is 54.6 Å². The van der Waals surface area contributed by atoms with Gasteiger partial charge in [-0.3, -0.25) is 4.98 Å². The van der Waals surface area contributed by atoms with Crippen LogP contribution in [0.4, 0.5) is 11.4 Å². The summed E-state index contributed by atoms with van der Waals surface area (Å²) < 4.78 is 0. The average Bonchev–Trinajstić information content (AvgIpc) is 3.26. The molecule has 1 unspecified atom stereocenters. The molecule has 33 heavy (non-hydrogen) atoms. The minimum absolute atomic E-state index is 0.306. The third-order valence-corrected chi connectivity index (χ3v) is 6.49. The first kappa shape index (κ1) is 21.3. The Bertz CT molecular complexity index is 1230. The lowest BCUT2D eigenvalue weighted by Crippen LogP contribution is -2.09. The van der Waals surface area contributed by atoms with Crippen LogP contribution in [0.3, 0.4) is 0 Å². The summed E-state index contributed by atoms with van der Waals surface area (Å²) in [6, 6.07) is 32.4. The summed E-state index contributed by atoms with van der Waals surface area (Å²) in [5.41, 5.74) is 9.85. The number of benzene rings is 3. The predicted octanol–water partition coefficient (Wildman–Crippen LogP) is 7.58. The van der Waals surface area contributed by atoms with Crippen molar-refractivity contribution < 1.29 is 0 Å². The highest BCUT2D eigenvalue weighted by Crippen LogP contribution is 2.40. The second kappa shape index (κ2) is 9.50. The summed E-state index contributed by atoms with van der Waals surface area (Å²) in [5.74, 6) is 0.481. The Hall–Kier alpha value is -3.59. The quantitative estimate of drug-likeness (QED) is 0.315. The number of rotatable bonds is 7. The first-order valence-corrected chi connectivity index (χ1v) is 11.9. The van der Waals surface area contributed by atoms with Crippen molar-refractivity contribution in [1.29, 1.82) is 0 Å². The predicted molar refractivity (Wildman–Crippen MR) is 139 cm³/mol. The molecule has 3 aromatic carbocycles. The molecule has 2 N–H and O–H groups in total. The molecule has 1 aliphatic carbocycles. The Balaban J connectivity index is 1.40. The van der Waals surface area contributed by atoms with Gasteiger partial charge < -0.3 is 10.6 Å². The minimum atomic E-state index is 0.306. The Morgan fingerprint density at radius 2 is 1.64 bits per heavy atom. The van der Waals surface area contributed by atoms with Crippen molar-refractivity contribution in [3.8, 4) is 11.3 Å². The molecule has 0 spiro atoms. The van der Waals surface area contributed by atoms with E-state index in [9.17, 15) is 0 Å². The second-order valence-electron chi connectivity index (χ2n) is 9.09. The Kier molecular flexibility index (Phi) is 6.12. The fraction of sp³-hybridized carbons (Fsp3) is 0.233. The monoisotopic (exact) mass is 433 g/mol. The molecular formula is C30H31N3. The molecule has 0 saturated carbocycles. The lowest BCUT2D eigenvalue weighted by molar-refractivity contribution is 0.762. The van der Waals surface area contributed by atoms with Gasteiger partial charge in [0, 0.05) is 16.9 Å². The van der Waals surface area contributed by atoms with Crippen molar-refractivity contribution in [3.63, 3.8) is 0 Å². The molecular weight excluding hydrogens is 402 g/mol. The summed E-state index contributed by atoms with van der Waals surface area (Å²) >= 11 is 0. The smallest absolute Gasteiger partial charge is 0.0709 e. The molecule has 0 bridgehead atoms. The molecule has 1 aliphatic rings. The summed E-state index contributed by atoms with van der Waals surface area (Å²) in [7, 11) is 0. The van der Waals surface area contributed by atoms with E-state index in [0.717, 1.165) is 24.2 Å². The summed E-state index contributed by atoms with van der Waals surface area (Å²) in [6.45, 7) is 5.17. The maximum Gasteiger partial charge on any atom is 0.0709 e. The van der Waals surface area contributed by atoms with Gasteiger partial charge in [-0.2, -0.15) is 0 Å². The topological polar surface area (TPSA) is 37.0 Å². The van der Waals surface area contributed by atoms with Crippen LogP contribution in [0.15, 0.2) is 91.0 Å². The molecule has 5 rings (SSSR count). The molecule has 1 atom stereocenters. The number of pyridine rings is 1. The minimum Gasteiger partial charge on any atom is -0.379 e. The second-order valence-corrected chi connectivity index (χ2v) is 9.09. The number of fused-ring (bicyclic) bond motifs is 1. The number of hydrogen-bond donors (Lipinski definition) is 2. The Labute approximate surface area is 196 Å². The van der Waals surface area contributed by atoms with Crippen LogP contribution in [-0.2, 0) is 13.0 Å². The van der Waals surface area contributed by atoms with Crippen molar-refractivity contribution >= 4 is 11.4 Å². The highest BCUT2D eigenvalue weighted by atomic mass is 14.9. The number of aryl methyl sites for hydroxylation is 1. The van der Waals surface area contributed by atoms with Gasteiger partial charge in [0.2, 0.25) is 0 Å². The number of nitrogens with one attached hydrogen (secondary N) is 2. The summed E-state index contributed by atoms with van der Waals surface area (Å²) in [6.07, 6.45) is 2.20. The van der Waals surface area contributed by atoms with Gasteiger partial charge in [0.1, 0.15) is 0 Å². The first-order valence-electron chi connectivity index (χ1n) is 11.9. The maximum absolute atomic E-state index is 5.06. The van der Waals surface area contributed by atoms with Crippen molar-refractivity contribution in [2.75, 3.05) is 10.6 Å². The van der Waals surface area contributed by atoms with Gasteiger partial charge in [0.25, 0.3) is 0 Å². The van der Waals surface area contributed by atoms with Crippen LogP contribution in [0, 0.1) is 0 Å². The van der Waals surface area contributed by atoms with E-state index in [4.69, 9.17) is 4.98 Å². The lowest BCUT2D eigenvalue weighted by Gasteiger charge is -2.19. The highest BCUT2D eigenvalue weighted by molar-refractivity contribution is 5.69. The molecule has 1 aromatic heterocycles. The van der Waals surface area contributed by atoms with Crippen LogP contribution in [0.25, 0.3) is 11.3 Å². The van der Waals surface area contributed by atoms with Crippen LogP contribution >= 0.6 is 0 Å². The van der Waals surface area contributed by atoms with Gasteiger partial charge in [-0.15, -0.1) is 0 Å². The zero-order valence-electron chi connectivity index (χ0n) is 19.4. The number of nitrogens with zero attached hydrogens (tertiary/aromatic N) is 1. The fourth-order valence-corrected chi connectivity index (χ4v) is 4.87. The zero-order valence-corrected chi connectivity index (χ0v) is 19.4. The van der Waals surface area contributed by atoms with E-state index in [0.29, 0.717) is 18.5 Å². The Morgan fingerprint density at radius 1 is 0.848 bits per heavy atom. The zero-order chi connectivity index (χ0) is 22.6. The van der Waals surface area contributed by atoms with Gasteiger partial charge in [0.05, 0.1) is 24.0 Å². The average molecular weight is 434 g/mol. The van der Waals surface area contributed by atoms with Gasteiger partial charge in [-0.05, 0) is 65.8 Å². The summed E-state index contributed by atoms with van der Waals surface area (Å²) in [4.78, 5) is 5.06. The molecule has 0 radical (unpaired) electrons. The van der Waals surface area contributed by atoms with Crippen LogP contribution in [-0.4, -0.2) is 4.98 Å². The van der Waals surface area contributed by atoms with E-state index in [-0.39, 0.29) is 0 Å². The molecule has 3 nitrogen and oxygen atoms in total. The molecule has 3 heteroatoms. The molecule has 0 amide bonds. The Morgan fingerprint density at radius 3 is 2.48 bits per heavy atom. The van der Waals surface area contributed by atoms with Crippen molar-refractivity contribution in [3.05, 3.63) is 113 Å². The van der Waals surface area contributed by atoms with Crippen molar-refractivity contribution in [2.45, 2.75) is 45.2 Å². The fourth-order valence-electron chi connectivity index (χ4n) is 4.87. The number of aromatic nitrogens is 1. The third-order valence-electron chi connectivity index (χ3n) is 6.49. The molecule has 4 aromatic rings. The standard InChI is InChI=1S/C30H31N3/c1-21(2)25-14-6-7-16-27(25)31-20-24-13-9-17-28(33-24)26-15-8-10-22-18-19-29(30(22)26)32-23-11-4-3-5-12-23/h3-17,21,29,31-32H,18-20H2,1-2H3. The van der Waals surface area contributed by atoms with E-state index in [1.165, 1.54) is 33.6 Å². The van der Waals surface area contributed by atoms with E-state index < -0.39 is 0 Å². The van der Waals surface area contributed by atoms with Crippen molar-refractivity contribution in [1.82, 2.24) is 4.98 Å². The molecule has 0 aliphatic heterocycles. The van der Waals surface area contributed by atoms with Crippen LogP contribution in [0.5, 0.6) is 0 Å². The maximum atomic E-state index is 5.06. The SMILES string of the molecule is CC(C)c1ccccc1NCc1cccc(-c2cccc3c2C(Nc2ccccc2)CC3)n1. The highest BCUT2D eigenvalue weighted by Gasteiger charge is 2.26. The first-order chi connectivity index (χ1) is 16.2. The molecule has 0 fully saturated rings. The number of hydrogen-bond acceptors (Lipinski definition) is 3. The molecule has 1 heterocycles.